The predicted molar refractivity (Wildman–Crippen MR) is 169 cm³/mol. The van der Waals surface area contributed by atoms with E-state index in [-0.39, 0.29) is 42.2 Å². The lowest BCUT2D eigenvalue weighted by atomic mass is 10.1. The maximum Gasteiger partial charge on any atom is 0.415 e. The zero-order valence-corrected chi connectivity index (χ0v) is 25.4. The van der Waals surface area contributed by atoms with E-state index in [1.165, 1.54) is 4.90 Å². The van der Waals surface area contributed by atoms with Gasteiger partial charge >= 0.3 is 18.0 Å². The Morgan fingerprint density at radius 3 is 2.60 bits per heavy atom. The minimum Gasteiger partial charge on any atom is -0.466 e. The second kappa shape index (κ2) is 14.0. The van der Waals surface area contributed by atoms with Crippen molar-refractivity contribution in [1.29, 1.82) is 5.41 Å². The number of cyclic esters (lactones) is 2. The van der Waals surface area contributed by atoms with Crippen molar-refractivity contribution < 1.29 is 28.7 Å². The molecule has 0 saturated carbocycles. The fraction of sp³-hybridized carbons (Fsp3) is 0.258. The molecule has 45 heavy (non-hydrogen) atoms. The second-order valence-corrected chi connectivity index (χ2v) is 11.0. The molecule has 1 aliphatic heterocycles. The van der Waals surface area contributed by atoms with Crippen LogP contribution in [0, 0.1) is 5.41 Å². The first kappa shape index (κ1) is 31.2. The van der Waals surface area contributed by atoms with Gasteiger partial charge in [0.15, 0.2) is 0 Å². The predicted octanol–water partition coefficient (Wildman–Crippen LogP) is 3.87. The van der Waals surface area contributed by atoms with Crippen molar-refractivity contribution in [2.24, 2.45) is 7.05 Å². The Bertz CT molecular complexity index is 1740. The van der Waals surface area contributed by atoms with Crippen molar-refractivity contribution in [3.05, 3.63) is 83.8 Å². The number of aromatic nitrogens is 3. The molecule has 2 amide bonds. The molecule has 1 saturated heterocycles. The first-order valence-electron chi connectivity index (χ1n) is 14.1. The van der Waals surface area contributed by atoms with Gasteiger partial charge in [-0.15, -0.1) is 11.8 Å². The summed E-state index contributed by atoms with van der Waals surface area (Å²) in [6, 6.07) is 17.1. The number of fused-ring (bicyclic) bond motifs is 1. The quantitative estimate of drug-likeness (QED) is 0.0905. The van der Waals surface area contributed by atoms with Crippen LogP contribution in [0.1, 0.15) is 35.1 Å². The molecule has 3 N–H and O–H groups in total. The van der Waals surface area contributed by atoms with E-state index in [0.29, 0.717) is 29.0 Å². The highest BCUT2D eigenvalue weighted by Crippen LogP contribution is 2.22. The fourth-order valence-corrected chi connectivity index (χ4v) is 5.50. The summed E-state index contributed by atoms with van der Waals surface area (Å²) >= 11 is 1.15. The summed E-state index contributed by atoms with van der Waals surface area (Å²) in [5.41, 5.74) is 3.40. The summed E-state index contributed by atoms with van der Waals surface area (Å²) in [6.45, 7) is 2.53. The molecular formula is C31H31N7O6S. The Hall–Kier alpha value is -5.24. The van der Waals surface area contributed by atoms with Gasteiger partial charge in [0.2, 0.25) is 0 Å². The van der Waals surface area contributed by atoms with Crippen molar-refractivity contribution in [2.45, 2.75) is 25.9 Å². The smallest absolute Gasteiger partial charge is 0.415 e. The van der Waals surface area contributed by atoms with Crippen LogP contribution in [-0.2, 0) is 32.7 Å². The lowest BCUT2D eigenvalue weighted by Gasteiger charge is -2.21. The van der Waals surface area contributed by atoms with Crippen LogP contribution >= 0.6 is 11.8 Å². The van der Waals surface area contributed by atoms with Crippen LogP contribution in [0.3, 0.4) is 0 Å². The maximum atomic E-state index is 13.6. The Balaban J connectivity index is 1.23. The van der Waals surface area contributed by atoms with Crippen molar-refractivity contribution in [3.63, 3.8) is 0 Å². The number of carbonyl (C=O) groups excluding carboxylic acids is 4. The van der Waals surface area contributed by atoms with Crippen molar-refractivity contribution >= 4 is 63.3 Å². The molecule has 0 radical (unpaired) electrons. The number of carbonyl (C=O) groups is 4. The Morgan fingerprint density at radius 1 is 1.13 bits per heavy atom. The van der Waals surface area contributed by atoms with Crippen LogP contribution in [0.2, 0.25) is 0 Å². The number of benzene rings is 2. The molecule has 0 bridgehead atoms. The third kappa shape index (κ3) is 7.47. The largest absolute Gasteiger partial charge is 0.466 e. The molecule has 1 aliphatic rings. The second-order valence-electron chi connectivity index (χ2n) is 9.97. The van der Waals surface area contributed by atoms with E-state index in [2.05, 4.69) is 20.4 Å². The highest BCUT2D eigenvalue weighted by molar-refractivity contribution is 8.14. The number of rotatable bonds is 12. The average Bonchev–Trinajstić information content (AvgIpc) is 3.55. The molecule has 2 aromatic heterocycles. The number of anilines is 2. The van der Waals surface area contributed by atoms with Crippen LogP contribution in [0.15, 0.2) is 66.9 Å². The van der Waals surface area contributed by atoms with E-state index in [1.54, 1.807) is 55.6 Å². The molecule has 5 rings (SSSR count). The number of esters is 2. The van der Waals surface area contributed by atoms with Crippen LogP contribution in [0.5, 0.6) is 0 Å². The van der Waals surface area contributed by atoms with E-state index >= 15 is 0 Å². The number of nitrogens with zero attached hydrogens (tertiary/aromatic N) is 4. The summed E-state index contributed by atoms with van der Waals surface area (Å²) in [7, 11) is 1.90. The number of thioether (sulfide) groups is 1. The van der Waals surface area contributed by atoms with Gasteiger partial charge in [-0.1, -0.05) is 18.2 Å². The number of aryl methyl sites for hydroxylation is 1. The molecule has 0 unspecified atom stereocenters. The third-order valence-electron chi connectivity index (χ3n) is 7.00. The molecule has 3 heterocycles. The van der Waals surface area contributed by atoms with E-state index in [4.69, 9.17) is 15.1 Å². The lowest BCUT2D eigenvalue weighted by Crippen LogP contribution is -2.34. The molecule has 0 aliphatic carbocycles. The average molecular weight is 630 g/mol. The standard InChI is InChI=1S/C31H31N7O6S/c1-3-43-27(39)13-15-38(25-6-4-5-14-33-25)29(40)20-9-12-24-22(16-20)35-26(37(24)2)17-34-21-10-7-19(8-11-21)28(32)45-18-23-30(41)44-31(42)36-23/h4-12,14,16,23,32,34H,3,13,15,17-18H2,1-2H3,(H,36,42)/t23-/m1/s1. The van der Waals surface area contributed by atoms with Gasteiger partial charge in [-0.2, -0.15) is 0 Å². The summed E-state index contributed by atoms with van der Waals surface area (Å²) in [6.07, 6.45) is 0.864. The van der Waals surface area contributed by atoms with Crippen molar-refractivity contribution in [3.8, 4) is 0 Å². The molecule has 13 nitrogen and oxygen atoms in total. The first-order valence-corrected chi connectivity index (χ1v) is 15.1. The topological polar surface area (TPSA) is 169 Å². The van der Waals surface area contributed by atoms with Crippen LogP contribution in [0.25, 0.3) is 11.0 Å². The van der Waals surface area contributed by atoms with Crippen molar-refractivity contribution in [1.82, 2.24) is 19.9 Å². The zero-order valence-electron chi connectivity index (χ0n) is 24.6. The number of hydrogen-bond acceptors (Lipinski definition) is 11. The van der Waals surface area contributed by atoms with Gasteiger partial charge in [-0.05, 0) is 49.4 Å². The normalized spacial score (nSPS) is 14.1. The maximum absolute atomic E-state index is 13.6. The molecule has 4 aromatic rings. The van der Waals surface area contributed by atoms with Gasteiger partial charge in [0, 0.05) is 42.4 Å². The monoisotopic (exact) mass is 629 g/mol. The molecule has 2 aromatic carbocycles. The summed E-state index contributed by atoms with van der Waals surface area (Å²) in [4.78, 5) is 58.9. The molecule has 1 atom stereocenters. The first-order chi connectivity index (χ1) is 21.7. The number of nitrogens with one attached hydrogen (secondary N) is 3. The van der Waals surface area contributed by atoms with E-state index in [1.807, 2.05) is 29.8 Å². The van der Waals surface area contributed by atoms with E-state index in [9.17, 15) is 19.2 Å². The Morgan fingerprint density at radius 2 is 1.91 bits per heavy atom. The van der Waals surface area contributed by atoms with Crippen LogP contribution < -0.4 is 15.5 Å². The summed E-state index contributed by atoms with van der Waals surface area (Å²) in [5, 5.41) is 14.3. The van der Waals surface area contributed by atoms with Crippen molar-refractivity contribution in [2.75, 3.05) is 29.1 Å². The van der Waals surface area contributed by atoms with Gasteiger partial charge in [0.1, 0.15) is 17.7 Å². The highest BCUT2D eigenvalue weighted by atomic mass is 32.2. The molecular weight excluding hydrogens is 598 g/mol. The number of pyridine rings is 1. The molecule has 14 heteroatoms. The lowest BCUT2D eigenvalue weighted by molar-refractivity contribution is -0.142. The van der Waals surface area contributed by atoms with E-state index < -0.39 is 18.1 Å². The molecule has 1 fully saturated rings. The Labute approximate surface area is 262 Å². The number of imidazole rings is 1. The number of alkyl carbamates (subject to hydrolysis) is 1. The van der Waals surface area contributed by atoms with Crippen LogP contribution in [0.4, 0.5) is 16.3 Å². The molecule has 232 valence electrons. The van der Waals surface area contributed by atoms with Gasteiger partial charge in [-0.3, -0.25) is 19.9 Å². The van der Waals surface area contributed by atoms with Gasteiger partial charge in [0.25, 0.3) is 5.91 Å². The third-order valence-corrected chi connectivity index (χ3v) is 8.02. The number of amides is 2. The number of hydrogen-bond donors (Lipinski definition) is 3. The van der Waals surface area contributed by atoms with Gasteiger partial charge < -0.3 is 24.7 Å². The SMILES string of the molecule is CCOC(=O)CCN(C(=O)c1ccc2c(c1)nc(CNc1ccc(C(=N)SC[C@H]3NC(=O)OC3=O)cc1)n2C)c1ccccn1. The van der Waals surface area contributed by atoms with Gasteiger partial charge in [-0.25, -0.2) is 19.6 Å². The van der Waals surface area contributed by atoms with E-state index in [0.717, 1.165) is 28.8 Å². The summed E-state index contributed by atoms with van der Waals surface area (Å²) < 4.78 is 11.4. The van der Waals surface area contributed by atoms with Gasteiger partial charge in [0.05, 0.1) is 35.6 Å². The van der Waals surface area contributed by atoms with Crippen LogP contribution in [-0.4, -0.2) is 68.5 Å². The number of ether oxygens (including phenoxy) is 2. The minimum absolute atomic E-state index is 0.0370. The Kier molecular flexibility index (Phi) is 9.73. The summed E-state index contributed by atoms with van der Waals surface area (Å²) in [5.74, 6) is 0.0577. The molecule has 0 spiro atoms. The fourth-order valence-electron chi connectivity index (χ4n) is 4.64. The minimum atomic E-state index is -0.767. The zero-order chi connectivity index (χ0) is 31.9. The highest BCUT2D eigenvalue weighted by Gasteiger charge is 2.32.